The molecule has 33 heavy (non-hydrogen) atoms. The summed E-state index contributed by atoms with van der Waals surface area (Å²) in [5, 5.41) is 3.06. The number of aromatic nitrogens is 2. The molecule has 1 aliphatic rings. The standard InChI is InChI=1S/C26H30N4O3/c1-18-6-8-19(9-7-18)22-15-28-26(29-16-22)30-12-4-5-21(17-30)25(31)27-14-20-10-11-23(32-2)13-24(20)33-3/h6-11,13,15-16,21H,4-5,12,14,17H2,1-3H3,(H,27,31)/t21-/m1/s1. The summed E-state index contributed by atoms with van der Waals surface area (Å²) in [6.07, 6.45) is 5.48. The van der Waals surface area contributed by atoms with Gasteiger partial charge in [0.25, 0.3) is 0 Å². The Kier molecular flexibility index (Phi) is 7.07. The van der Waals surface area contributed by atoms with Crippen LogP contribution in [0.4, 0.5) is 5.95 Å². The highest BCUT2D eigenvalue weighted by Gasteiger charge is 2.27. The molecule has 0 radical (unpaired) electrons. The highest BCUT2D eigenvalue weighted by atomic mass is 16.5. The van der Waals surface area contributed by atoms with Crippen molar-refractivity contribution in [3.8, 4) is 22.6 Å². The monoisotopic (exact) mass is 446 g/mol. The Morgan fingerprint density at radius 1 is 1.06 bits per heavy atom. The van der Waals surface area contributed by atoms with E-state index in [9.17, 15) is 4.79 Å². The average Bonchev–Trinajstić information content (AvgIpc) is 2.87. The summed E-state index contributed by atoms with van der Waals surface area (Å²) in [4.78, 5) is 24.2. The van der Waals surface area contributed by atoms with Gasteiger partial charge in [0, 0.05) is 49.2 Å². The van der Waals surface area contributed by atoms with Crippen molar-refractivity contribution < 1.29 is 14.3 Å². The predicted octanol–water partition coefficient (Wildman–Crippen LogP) is 4.00. The van der Waals surface area contributed by atoms with Crippen molar-refractivity contribution in [1.29, 1.82) is 0 Å². The van der Waals surface area contributed by atoms with Crippen LogP contribution >= 0.6 is 0 Å². The van der Waals surface area contributed by atoms with Crippen LogP contribution in [-0.2, 0) is 11.3 Å². The van der Waals surface area contributed by atoms with Crippen LogP contribution in [0.2, 0.25) is 0 Å². The third-order valence-corrected chi connectivity index (χ3v) is 6.05. The van der Waals surface area contributed by atoms with Crippen LogP contribution in [0.25, 0.3) is 11.1 Å². The topological polar surface area (TPSA) is 76.6 Å². The van der Waals surface area contributed by atoms with Crippen LogP contribution in [0, 0.1) is 12.8 Å². The number of ether oxygens (including phenoxy) is 2. The van der Waals surface area contributed by atoms with Crippen molar-refractivity contribution in [1.82, 2.24) is 15.3 Å². The van der Waals surface area contributed by atoms with Gasteiger partial charge in [0.2, 0.25) is 11.9 Å². The molecule has 3 aromatic rings. The van der Waals surface area contributed by atoms with Gasteiger partial charge >= 0.3 is 0 Å². The van der Waals surface area contributed by atoms with Crippen LogP contribution in [0.3, 0.4) is 0 Å². The fraction of sp³-hybridized carbons (Fsp3) is 0.346. The van der Waals surface area contributed by atoms with E-state index in [4.69, 9.17) is 9.47 Å². The highest BCUT2D eigenvalue weighted by Crippen LogP contribution is 2.26. The smallest absolute Gasteiger partial charge is 0.225 e. The summed E-state index contributed by atoms with van der Waals surface area (Å²) >= 11 is 0. The number of amides is 1. The normalized spacial score (nSPS) is 15.7. The minimum atomic E-state index is -0.108. The van der Waals surface area contributed by atoms with Crippen LogP contribution in [-0.4, -0.2) is 43.2 Å². The first-order valence-corrected chi connectivity index (χ1v) is 11.2. The van der Waals surface area contributed by atoms with E-state index < -0.39 is 0 Å². The van der Waals surface area contributed by atoms with Crippen LogP contribution in [0.1, 0.15) is 24.0 Å². The fourth-order valence-electron chi connectivity index (χ4n) is 4.08. The van der Waals surface area contributed by atoms with Crippen LogP contribution in [0.5, 0.6) is 11.5 Å². The Labute approximate surface area is 194 Å². The zero-order valence-corrected chi connectivity index (χ0v) is 19.4. The van der Waals surface area contributed by atoms with E-state index in [1.165, 1.54) is 5.56 Å². The molecule has 2 aromatic carbocycles. The molecule has 0 bridgehead atoms. The number of aryl methyl sites for hydroxylation is 1. The molecule has 1 fully saturated rings. The van der Waals surface area contributed by atoms with Gasteiger partial charge in [-0.1, -0.05) is 29.8 Å². The molecule has 2 heterocycles. The second kappa shape index (κ2) is 10.3. The summed E-state index contributed by atoms with van der Waals surface area (Å²) in [6.45, 7) is 3.93. The number of nitrogens with one attached hydrogen (secondary N) is 1. The Balaban J connectivity index is 1.37. The van der Waals surface area contributed by atoms with Crippen molar-refractivity contribution >= 4 is 11.9 Å². The first kappa shape index (κ1) is 22.6. The van der Waals surface area contributed by atoms with Crippen molar-refractivity contribution in [2.45, 2.75) is 26.3 Å². The van der Waals surface area contributed by atoms with Crippen LogP contribution in [0.15, 0.2) is 54.9 Å². The fourth-order valence-corrected chi connectivity index (χ4v) is 4.08. The van der Waals surface area contributed by atoms with Crippen molar-refractivity contribution in [2.24, 2.45) is 5.92 Å². The molecule has 1 atom stereocenters. The molecule has 1 amide bonds. The van der Waals surface area contributed by atoms with E-state index in [1.807, 2.05) is 30.6 Å². The lowest BCUT2D eigenvalue weighted by Gasteiger charge is -2.32. The number of carbonyl (C=O) groups is 1. The maximum Gasteiger partial charge on any atom is 0.225 e. The molecule has 0 aliphatic carbocycles. The summed E-state index contributed by atoms with van der Waals surface area (Å²) < 4.78 is 10.7. The van der Waals surface area contributed by atoms with Gasteiger partial charge in [0.15, 0.2) is 0 Å². The first-order chi connectivity index (χ1) is 16.1. The molecule has 0 saturated carbocycles. The minimum absolute atomic E-state index is 0.0360. The third kappa shape index (κ3) is 5.42. The second-order valence-corrected chi connectivity index (χ2v) is 8.32. The molecule has 1 N–H and O–H groups in total. The molecule has 1 saturated heterocycles. The molecule has 7 heteroatoms. The number of carbonyl (C=O) groups excluding carboxylic acids is 1. The van der Waals surface area contributed by atoms with Gasteiger partial charge in [-0.15, -0.1) is 0 Å². The average molecular weight is 447 g/mol. The number of hydrogen-bond donors (Lipinski definition) is 1. The number of anilines is 1. The Morgan fingerprint density at radius 3 is 2.52 bits per heavy atom. The number of benzene rings is 2. The first-order valence-electron chi connectivity index (χ1n) is 11.2. The molecule has 4 rings (SSSR count). The Morgan fingerprint density at radius 2 is 1.82 bits per heavy atom. The van der Waals surface area contributed by atoms with Crippen molar-refractivity contribution in [3.05, 3.63) is 66.0 Å². The molecule has 1 aromatic heterocycles. The SMILES string of the molecule is COc1ccc(CNC(=O)[C@@H]2CCCN(c3ncc(-c4ccc(C)cc4)cn3)C2)c(OC)c1. The Bertz CT molecular complexity index is 1080. The molecule has 0 spiro atoms. The van der Waals surface area contributed by atoms with Gasteiger partial charge in [0.05, 0.1) is 20.1 Å². The van der Waals surface area contributed by atoms with E-state index in [0.29, 0.717) is 24.8 Å². The molecule has 172 valence electrons. The number of methoxy groups -OCH3 is 2. The van der Waals surface area contributed by atoms with E-state index >= 15 is 0 Å². The second-order valence-electron chi connectivity index (χ2n) is 8.32. The summed E-state index contributed by atoms with van der Waals surface area (Å²) in [5.74, 6) is 2.01. The van der Waals surface area contributed by atoms with Gasteiger partial charge in [-0.2, -0.15) is 0 Å². The summed E-state index contributed by atoms with van der Waals surface area (Å²) in [5.41, 5.74) is 4.21. The minimum Gasteiger partial charge on any atom is -0.497 e. The van der Waals surface area contributed by atoms with E-state index in [0.717, 1.165) is 41.8 Å². The lowest BCUT2D eigenvalue weighted by molar-refractivity contribution is -0.125. The maximum atomic E-state index is 12.9. The summed E-state index contributed by atoms with van der Waals surface area (Å²) in [7, 11) is 3.23. The predicted molar refractivity (Wildman–Crippen MR) is 129 cm³/mol. The molecule has 1 aliphatic heterocycles. The number of nitrogens with zero attached hydrogens (tertiary/aromatic N) is 3. The van der Waals surface area contributed by atoms with Crippen molar-refractivity contribution in [2.75, 3.05) is 32.2 Å². The van der Waals surface area contributed by atoms with Gasteiger partial charge in [0.1, 0.15) is 11.5 Å². The molecular formula is C26H30N4O3. The van der Waals surface area contributed by atoms with Crippen LogP contribution < -0.4 is 19.7 Å². The van der Waals surface area contributed by atoms with E-state index in [2.05, 4.69) is 51.4 Å². The van der Waals surface area contributed by atoms with Gasteiger partial charge in [-0.05, 0) is 37.5 Å². The van der Waals surface area contributed by atoms with Gasteiger partial charge < -0.3 is 19.7 Å². The molecular weight excluding hydrogens is 416 g/mol. The highest BCUT2D eigenvalue weighted by molar-refractivity contribution is 5.79. The quantitative estimate of drug-likeness (QED) is 0.591. The Hall–Kier alpha value is -3.61. The van der Waals surface area contributed by atoms with E-state index in [1.54, 1.807) is 14.2 Å². The lowest BCUT2D eigenvalue weighted by Crippen LogP contribution is -2.43. The maximum absolute atomic E-state index is 12.9. The number of rotatable bonds is 7. The van der Waals surface area contributed by atoms with E-state index in [-0.39, 0.29) is 11.8 Å². The number of hydrogen-bond acceptors (Lipinski definition) is 6. The van der Waals surface area contributed by atoms with Gasteiger partial charge in [-0.25, -0.2) is 9.97 Å². The zero-order valence-electron chi connectivity index (χ0n) is 19.4. The molecule has 0 unspecified atom stereocenters. The largest absolute Gasteiger partial charge is 0.497 e. The van der Waals surface area contributed by atoms with Crippen molar-refractivity contribution in [3.63, 3.8) is 0 Å². The number of piperidine rings is 1. The zero-order chi connectivity index (χ0) is 23.2. The third-order valence-electron chi connectivity index (χ3n) is 6.05. The molecule has 7 nitrogen and oxygen atoms in total. The van der Waals surface area contributed by atoms with Gasteiger partial charge in [-0.3, -0.25) is 4.79 Å². The lowest BCUT2D eigenvalue weighted by atomic mass is 9.97. The summed E-state index contributed by atoms with van der Waals surface area (Å²) in [6, 6.07) is 13.9.